The van der Waals surface area contributed by atoms with Gasteiger partial charge in [0.15, 0.2) is 0 Å². The molecule has 0 aliphatic heterocycles. The zero-order valence-corrected chi connectivity index (χ0v) is 13.1. The smallest absolute Gasteiger partial charge is 0.123 e. The summed E-state index contributed by atoms with van der Waals surface area (Å²) < 4.78 is 12.9. The van der Waals surface area contributed by atoms with Crippen molar-refractivity contribution < 1.29 is 4.39 Å². The molecule has 0 aromatic heterocycles. The minimum atomic E-state index is -0.232. The number of halogens is 2. The topological polar surface area (TPSA) is 38.0 Å². The standard InChI is InChI=1S/C16H16ClFN2S/c1-10(8-11-2-5-13(18)6-3-11)20-15-9-12(17)4-7-14(15)16(19)21/h2-7,9-10,20H,8H2,1H3,(H2,19,21). The van der Waals surface area contributed by atoms with Crippen molar-refractivity contribution in [1.29, 1.82) is 0 Å². The third-order valence-electron chi connectivity index (χ3n) is 3.10. The van der Waals surface area contributed by atoms with Gasteiger partial charge >= 0.3 is 0 Å². The van der Waals surface area contributed by atoms with Crippen molar-refractivity contribution in [3.8, 4) is 0 Å². The second-order valence-electron chi connectivity index (χ2n) is 4.93. The zero-order chi connectivity index (χ0) is 15.4. The molecule has 0 spiro atoms. The monoisotopic (exact) mass is 322 g/mol. The third kappa shape index (κ3) is 4.41. The Morgan fingerprint density at radius 3 is 2.57 bits per heavy atom. The molecule has 110 valence electrons. The van der Waals surface area contributed by atoms with E-state index in [9.17, 15) is 4.39 Å². The fourth-order valence-electron chi connectivity index (χ4n) is 2.14. The molecule has 1 unspecified atom stereocenters. The van der Waals surface area contributed by atoms with Crippen molar-refractivity contribution in [2.75, 3.05) is 5.32 Å². The van der Waals surface area contributed by atoms with Crippen molar-refractivity contribution in [2.24, 2.45) is 5.73 Å². The molecule has 0 saturated heterocycles. The molecular formula is C16H16ClFN2S. The van der Waals surface area contributed by atoms with E-state index in [1.807, 2.05) is 6.92 Å². The highest BCUT2D eigenvalue weighted by Crippen LogP contribution is 2.22. The summed E-state index contributed by atoms with van der Waals surface area (Å²) in [7, 11) is 0. The Bertz CT molecular complexity index is 643. The maximum Gasteiger partial charge on any atom is 0.123 e. The first-order valence-electron chi connectivity index (χ1n) is 6.56. The lowest BCUT2D eigenvalue weighted by molar-refractivity contribution is 0.626. The molecular weight excluding hydrogens is 307 g/mol. The molecule has 0 saturated carbocycles. The Kier molecular flexibility index (Phi) is 5.15. The van der Waals surface area contributed by atoms with Gasteiger partial charge in [-0.25, -0.2) is 4.39 Å². The van der Waals surface area contributed by atoms with Crippen molar-refractivity contribution in [3.63, 3.8) is 0 Å². The first-order chi connectivity index (χ1) is 9.95. The molecule has 1 atom stereocenters. The average molecular weight is 323 g/mol. The number of benzene rings is 2. The summed E-state index contributed by atoms with van der Waals surface area (Å²) in [5.74, 6) is -0.232. The molecule has 0 radical (unpaired) electrons. The first kappa shape index (κ1) is 15.7. The van der Waals surface area contributed by atoms with Gasteiger partial charge in [-0.1, -0.05) is 36.0 Å². The highest BCUT2D eigenvalue weighted by molar-refractivity contribution is 7.80. The van der Waals surface area contributed by atoms with Crippen molar-refractivity contribution in [1.82, 2.24) is 0 Å². The molecule has 2 aromatic carbocycles. The van der Waals surface area contributed by atoms with Gasteiger partial charge < -0.3 is 11.1 Å². The van der Waals surface area contributed by atoms with Crippen LogP contribution in [0.3, 0.4) is 0 Å². The highest BCUT2D eigenvalue weighted by atomic mass is 35.5. The summed E-state index contributed by atoms with van der Waals surface area (Å²) in [6, 6.07) is 12.0. The van der Waals surface area contributed by atoms with Gasteiger partial charge in [0.25, 0.3) is 0 Å². The fraction of sp³-hybridized carbons (Fsp3) is 0.188. The van der Waals surface area contributed by atoms with Crippen LogP contribution < -0.4 is 11.1 Å². The molecule has 3 N–H and O–H groups in total. The lowest BCUT2D eigenvalue weighted by atomic mass is 10.1. The summed E-state index contributed by atoms with van der Waals surface area (Å²) in [6.07, 6.45) is 0.754. The minimum absolute atomic E-state index is 0.127. The van der Waals surface area contributed by atoms with Crippen molar-refractivity contribution in [3.05, 3.63) is 64.4 Å². The Morgan fingerprint density at radius 1 is 1.29 bits per heavy atom. The number of nitrogens with two attached hydrogens (primary N) is 1. The van der Waals surface area contributed by atoms with E-state index in [0.717, 1.165) is 23.2 Å². The molecule has 0 aliphatic rings. The Hall–Kier alpha value is -1.65. The average Bonchev–Trinajstić information content (AvgIpc) is 2.41. The van der Waals surface area contributed by atoms with Gasteiger partial charge in [0, 0.05) is 22.3 Å². The molecule has 2 nitrogen and oxygen atoms in total. The maximum absolute atomic E-state index is 12.9. The van der Waals surface area contributed by atoms with Crippen LogP contribution >= 0.6 is 23.8 Å². The first-order valence-corrected chi connectivity index (χ1v) is 7.34. The molecule has 0 amide bonds. The van der Waals surface area contributed by atoms with E-state index in [0.29, 0.717) is 10.0 Å². The van der Waals surface area contributed by atoms with Gasteiger partial charge in [0.1, 0.15) is 10.8 Å². The Balaban J connectivity index is 2.12. The zero-order valence-electron chi connectivity index (χ0n) is 11.6. The largest absolute Gasteiger partial charge is 0.389 e. The number of hydrogen-bond acceptors (Lipinski definition) is 2. The minimum Gasteiger partial charge on any atom is -0.389 e. The Morgan fingerprint density at radius 2 is 1.95 bits per heavy atom. The van der Waals surface area contributed by atoms with Crippen LogP contribution in [0.5, 0.6) is 0 Å². The van der Waals surface area contributed by atoms with Crippen LogP contribution in [0.15, 0.2) is 42.5 Å². The lowest BCUT2D eigenvalue weighted by Gasteiger charge is -2.18. The molecule has 2 rings (SSSR count). The molecule has 0 bridgehead atoms. The third-order valence-corrected chi connectivity index (χ3v) is 3.56. The molecule has 5 heteroatoms. The van der Waals surface area contributed by atoms with E-state index in [1.54, 1.807) is 30.3 Å². The number of rotatable bonds is 5. The van der Waals surface area contributed by atoms with Crippen LogP contribution in [-0.2, 0) is 6.42 Å². The van der Waals surface area contributed by atoms with E-state index in [2.05, 4.69) is 5.32 Å². The summed E-state index contributed by atoms with van der Waals surface area (Å²) >= 11 is 11.1. The van der Waals surface area contributed by atoms with Crippen LogP contribution in [0.4, 0.5) is 10.1 Å². The number of hydrogen-bond donors (Lipinski definition) is 2. The van der Waals surface area contributed by atoms with E-state index in [4.69, 9.17) is 29.6 Å². The van der Waals surface area contributed by atoms with Gasteiger partial charge in [-0.15, -0.1) is 0 Å². The van der Waals surface area contributed by atoms with E-state index in [-0.39, 0.29) is 11.9 Å². The second kappa shape index (κ2) is 6.87. The molecule has 21 heavy (non-hydrogen) atoms. The predicted molar refractivity (Wildman–Crippen MR) is 90.5 cm³/mol. The predicted octanol–water partition coefficient (Wildman–Crippen LogP) is 4.16. The number of anilines is 1. The van der Waals surface area contributed by atoms with Crippen molar-refractivity contribution >= 4 is 34.5 Å². The van der Waals surface area contributed by atoms with Gasteiger partial charge in [-0.05, 0) is 49.2 Å². The van der Waals surface area contributed by atoms with E-state index in [1.165, 1.54) is 12.1 Å². The molecule has 2 aromatic rings. The van der Waals surface area contributed by atoms with Gasteiger partial charge in [0.2, 0.25) is 0 Å². The summed E-state index contributed by atoms with van der Waals surface area (Å²) in [5.41, 5.74) is 8.34. The van der Waals surface area contributed by atoms with Crippen LogP contribution in [0, 0.1) is 5.82 Å². The second-order valence-corrected chi connectivity index (χ2v) is 5.81. The van der Waals surface area contributed by atoms with E-state index >= 15 is 0 Å². The molecule has 0 aliphatic carbocycles. The number of thiocarbonyl (C=S) groups is 1. The quantitative estimate of drug-likeness (QED) is 0.812. The molecule has 0 fully saturated rings. The van der Waals surface area contributed by atoms with Gasteiger partial charge in [-0.2, -0.15) is 0 Å². The van der Waals surface area contributed by atoms with Gasteiger partial charge in [-0.3, -0.25) is 0 Å². The van der Waals surface area contributed by atoms with Gasteiger partial charge in [0.05, 0.1) is 0 Å². The lowest BCUT2D eigenvalue weighted by Crippen LogP contribution is -2.21. The molecule has 0 heterocycles. The van der Waals surface area contributed by atoms with Crippen LogP contribution in [0.1, 0.15) is 18.1 Å². The fourth-order valence-corrected chi connectivity index (χ4v) is 2.49. The normalized spacial score (nSPS) is 12.0. The van der Waals surface area contributed by atoms with Crippen LogP contribution in [0.2, 0.25) is 5.02 Å². The highest BCUT2D eigenvalue weighted by Gasteiger charge is 2.10. The Labute approximate surface area is 134 Å². The van der Waals surface area contributed by atoms with Crippen molar-refractivity contribution in [2.45, 2.75) is 19.4 Å². The number of nitrogens with one attached hydrogen (secondary N) is 1. The summed E-state index contributed by atoms with van der Waals surface area (Å²) in [6.45, 7) is 2.04. The summed E-state index contributed by atoms with van der Waals surface area (Å²) in [5, 5.41) is 3.97. The summed E-state index contributed by atoms with van der Waals surface area (Å²) in [4.78, 5) is 0.322. The van der Waals surface area contributed by atoms with Crippen LogP contribution in [-0.4, -0.2) is 11.0 Å². The van der Waals surface area contributed by atoms with Crippen LogP contribution in [0.25, 0.3) is 0 Å². The van der Waals surface area contributed by atoms with E-state index < -0.39 is 0 Å². The SMILES string of the molecule is CC(Cc1ccc(F)cc1)Nc1cc(Cl)ccc1C(N)=S. The maximum atomic E-state index is 12.9.